The largest absolute Gasteiger partial charge is 0.434 e. The fourth-order valence-corrected chi connectivity index (χ4v) is 2.52. The third-order valence-electron chi connectivity index (χ3n) is 3.11. The van der Waals surface area contributed by atoms with Crippen molar-refractivity contribution in [2.45, 2.75) is 18.8 Å². The summed E-state index contributed by atoms with van der Waals surface area (Å²) in [6, 6.07) is 0. The number of nitrogens with one attached hydrogen (secondary N) is 1. The number of aromatic amines is 1. The Hall–Kier alpha value is -1.45. The first-order chi connectivity index (χ1) is 9.22. The van der Waals surface area contributed by atoms with Gasteiger partial charge in [0.25, 0.3) is 0 Å². The van der Waals surface area contributed by atoms with Crippen molar-refractivity contribution < 1.29 is 4.42 Å². The normalized spacial score (nSPS) is 19.6. The Kier molecular flexibility index (Phi) is 3.49. The van der Waals surface area contributed by atoms with Gasteiger partial charge in [0.1, 0.15) is 0 Å². The second-order valence-electron chi connectivity index (χ2n) is 4.44. The molecule has 1 aliphatic rings. The average Bonchev–Trinajstić information content (AvgIpc) is 2.86. The van der Waals surface area contributed by atoms with Crippen LogP contribution in [0.4, 0.5) is 5.95 Å². The van der Waals surface area contributed by atoms with Crippen molar-refractivity contribution in [3.63, 3.8) is 0 Å². The summed E-state index contributed by atoms with van der Waals surface area (Å²) in [5, 5.41) is 6.21. The summed E-state index contributed by atoms with van der Waals surface area (Å²) < 4.78 is 6.04. The number of anilines is 1. The molecular formula is C11H12IN5O2. The van der Waals surface area contributed by atoms with E-state index >= 15 is 0 Å². The maximum Gasteiger partial charge on any atom is 0.434 e. The number of aromatic nitrogens is 4. The van der Waals surface area contributed by atoms with Crippen molar-refractivity contribution in [1.29, 1.82) is 0 Å². The van der Waals surface area contributed by atoms with Crippen LogP contribution in [0, 0.1) is 3.57 Å². The van der Waals surface area contributed by atoms with E-state index in [-0.39, 0.29) is 5.92 Å². The second kappa shape index (κ2) is 5.27. The van der Waals surface area contributed by atoms with Crippen LogP contribution in [0.15, 0.2) is 21.6 Å². The Morgan fingerprint density at radius 1 is 1.42 bits per heavy atom. The zero-order chi connectivity index (χ0) is 13.2. The lowest BCUT2D eigenvalue weighted by Gasteiger charge is -2.30. The molecule has 0 bridgehead atoms. The molecule has 1 atom stereocenters. The number of nitrogens with zero attached hydrogens (tertiary/aromatic N) is 4. The zero-order valence-electron chi connectivity index (χ0n) is 10.0. The van der Waals surface area contributed by atoms with Gasteiger partial charge in [0.15, 0.2) is 0 Å². The van der Waals surface area contributed by atoms with Crippen LogP contribution in [0.25, 0.3) is 0 Å². The Labute approximate surface area is 122 Å². The van der Waals surface area contributed by atoms with Gasteiger partial charge in [-0.05, 0) is 35.4 Å². The summed E-state index contributed by atoms with van der Waals surface area (Å²) in [5.41, 5.74) is 0. The van der Waals surface area contributed by atoms with Gasteiger partial charge in [-0.25, -0.2) is 19.9 Å². The van der Waals surface area contributed by atoms with Crippen LogP contribution in [-0.2, 0) is 0 Å². The lowest BCUT2D eigenvalue weighted by atomic mass is 9.98. The molecule has 0 aromatic carbocycles. The number of piperidine rings is 1. The van der Waals surface area contributed by atoms with Crippen molar-refractivity contribution in [2.24, 2.45) is 0 Å². The molecule has 100 valence electrons. The van der Waals surface area contributed by atoms with Crippen molar-refractivity contribution in [2.75, 3.05) is 18.0 Å². The summed E-state index contributed by atoms with van der Waals surface area (Å²) in [7, 11) is 0. The van der Waals surface area contributed by atoms with Gasteiger partial charge in [-0.15, -0.1) is 5.10 Å². The molecule has 0 spiro atoms. The molecule has 0 saturated carbocycles. The molecule has 7 nitrogen and oxygen atoms in total. The smallest absolute Gasteiger partial charge is 0.392 e. The summed E-state index contributed by atoms with van der Waals surface area (Å²) in [6.07, 6.45) is 5.54. The van der Waals surface area contributed by atoms with E-state index in [1.807, 2.05) is 0 Å². The first kappa shape index (κ1) is 12.6. The molecule has 2 aromatic heterocycles. The second-order valence-corrected chi connectivity index (χ2v) is 5.68. The van der Waals surface area contributed by atoms with Crippen molar-refractivity contribution >= 4 is 28.5 Å². The molecule has 2 aromatic rings. The highest BCUT2D eigenvalue weighted by atomic mass is 127. The molecule has 0 aliphatic carbocycles. The average molecular weight is 373 g/mol. The molecular weight excluding hydrogens is 361 g/mol. The lowest BCUT2D eigenvalue weighted by Crippen LogP contribution is -2.35. The van der Waals surface area contributed by atoms with E-state index in [2.05, 4.69) is 47.7 Å². The van der Waals surface area contributed by atoms with Gasteiger partial charge in [-0.1, -0.05) is 0 Å². The first-order valence-electron chi connectivity index (χ1n) is 6.00. The van der Waals surface area contributed by atoms with Gasteiger partial charge in [-0.2, -0.15) is 0 Å². The van der Waals surface area contributed by atoms with Crippen LogP contribution in [0.3, 0.4) is 0 Å². The molecule has 1 N–H and O–H groups in total. The zero-order valence-corrected chi connectivity index (χ0v) is 12.2. The van der Waals surface area contributed by atoms with Gasteiger partial charge in [0, 0.05) is 29.1 Å². The summed E-state index contributed by atoms with van der Waals surface area (Å²) in [6.45, 7) is 1.63. The molecule has 19 heavy (non-hydrogen) atoms. The minimum Gasteiger partial charge on any atom is -0.392 e. The van der Waals surface area contributed by atoms with E-state index in [9.17, 15) is 4.79 Å². The highest BCUT2D eigenvalue weighted by Crippen LogP contribution is 2.26. The number of hydrogen-bond acceptors (Lipinski definition) is 6. The van der Waals surface area contributed by atoms with Crippen LogP contribution in [0.1, 0.15) is 24.7 Å². The van der Waals surface area contributed by atoms with Gasteiger partial charge >= 0.3 is 5.76 Å². The molecule has 3 heterocycles. The number of rotatable bonds is 2. The quantitative estimate of drug-likeness (QED) is 0.795. The minimum atomic E-state index is -0.502. The van der Waals surface area contributed by atoms with Crippen molar-refractivity contribution in [3.8, 4) is 0 Å². The standard InChI is InChI=1S/C11H12IN5O2/c12-8-4-13-10(14-5-8)17-3-1-2-7(6-17)9-15-16-11(18)19-9/h4-5,7H,1-3,6H2,(H,16,18). The fraction of sp³-hybridized carbons (Fsp3) is 0.455. The lowest BCUT2D eigenvalue weighted by molar-refractivity contribution is 0.383. The highest BCUT2D eigenvalue weighted by Gasteiger charge is 2.26. The van der Waals surface area contributed by atoms with E-state index in [4.69, 9.17) is 4.42 Å². The predicted octanol–water partition coefficient (Wildman–Crippen LogP) is 1.14. The van der Waals surface area contributed by atoms with Crippen LogP contribution >= 0.6 is 22.6 Å². The predicted molar refractivity (Wildman–Crippen MR) is 76.1 cm³/mol. The van der Waals surface area contributed by atoms with Gasteiger partial charge in [0.05, 0.1) is 5.92 Å². The van der Waals surface area contributed by atoms with Crippen LogP contribution in [0.5, 0.6) is 0 Å². The molecule has 1 fully saturated rings. The monoisotopic (exact) mass is 373 g/mol. The Morgan fingerprint density at radius 2 is 2.21 bits per heavy atom. The summed E-state index contributed by atoms with van der Waals surface area (Å²) in [5.74, 6) is 0.788. The third-order valence-corrected chi connectivity index (χ3v) is 3.67. The molecule has 0 radical (unpaired) electrons. The highest BCUT2D eigenvalue weighted by molar-refractivity contribution is 14.1. The van der Waals surface area contributed by atoms with E-state index in [0.717, 1.165) is 23.0 Å². The van der Waals surface area contributed by atoms with E-state index in [1.54, 1.807) is 12.4 Å². The van der Waals surface area contributed by atoms with Crippen molar-refractivity contribution in [1.82, 2.24) is 20.2 Å². The maximum absolute atomic E-state index is 11.0. The van der Waals surface area contributed by atoms with E-state index in [1.165, 1.54) is 0 Å². The van der Waals surface area contributed by atoms with Crippen LogP contribution in [0.2, 0.25) is 0 Å². The van der Waals surface area contributed by atoms with Crippen LogP contribution < -0.4 is 10.7 Å². The molecule has 1 aliphatic heterocycles. The molecule has 1 unspecified atom stereocenters. The molecule has 8 heteroatoms. The Morgan fingerprint density at radius 3 is 2.89 bits per heavy atom. The summed E-state index contributed by atoms with van der Waals surface area (Å²) in [4.78, 5) is 21.7. The number of halogens is 1. The Bertz CT molecular complexity index is 608. The Balaban J connectivity index is 1.78. The fourth-order valence-electron chi connectivity index (χ4n) is 2.25. The van der Waals surface area contributed by atoms with Crippen LogP contribution in [-0.4, -0.2) is 33.3 Å². The number of H-pyrrole nitrogens is 1. The maximum atomic E-state index is 11.0. The first-order valence-corrected chi connectivity index (χ1v) is 7.08. The summed E-state index contributed by atoms with van der Waals surface area (Å²) >= 11 is 2.18. The van der Waals surface area contributed by atoms with E-state index < -0.39 is 5.76 Å². The van der Waals surface area contributed by atoms with Gasteiger partial charge in [-0.3, -0.25) is 0 Å². The molecule has 3 rings (SSSR count). The van der Waals surface area contributed by atoms with Gasteiger partial charge in [0.2, 0.25) is 11.8 Å². The number of hydrogen-bond donors (Lipinski definition) is 1. The molecule has 1 saturated heterocycles. The SMILES string of the molecule is O=c1[nH]nc(C2CCCN(c3ncc(I)cn3)C2)o1. The third kappa shape index (κ3) is 2.77. The topological polar surface area (TPSA) is 87.9 Å². The van der Waals surface area contributed by atoms with Gasteiger partial charge < -0.3 is 9.32 Å². The molecule has 0 amide bonds. The van der Waals surface area contributed by atoms with Crippen molar-refractivity contribution in [3.05, 3.63) is 32.4 Å². The minimum absolute atomic E-state index is 0.107. The van der Waals surface area contributed by atoms with E-state index in [0.29, 0.717) is 18.4 Å².